The van der Waals surface area contributed by atoms with Crippen LogP contribution in [0, 0.1) is 12.7 Å². The van der Waals surface area contributed by atoms with Crippen molar-refractivity contribution in [1.82, 2.24) is 10.2 Å². The monoisotopic (exact) mass is 264 g/mol. The highest BCUT2D eigenvalue weighted by atomic mass is 19.1. The number of hydrogen-bond acceptors (Lipinski definition) is 2. The highest BCUT2D eigenvalue weighted by molar-refractivity contribution is 5.26. The molecule has 0 radical (unpaired) electrons. The summed E-state index contributed by atoms with van der Waals surface area (Å²) in [7, 11) is 0. The molecule has 19 heavy (non-hydrogen) atoms. The molecule has 3 heteroatoms. The van der Waals surface area contributed by atoms with Crippen molar-refractivity contribution in [2.75, 3.05) is 19.6 Å². The minimum atomic E-state index is -0.147. The van der Waals surface area contributed by atoms with E-state index >= 15 is 0 Å². The van der Waals surface area contributed by atoms with Crippen LogP contribution in [0.25, 0.3) is 0 Å². The lowest BCUT2D eigenvalue weighted by Gasteiger charge is -2.32. The van der Waals surface area contributed by atoms with Crippen molar-refractivity contribution in [1.29, 1.82) is 0 Å². The highest BCUT2D eigenvalue weighted by Gasteiger charge is 2.15. The van der Waals surface area contributed by atoms with E-state index < -0.39 is 0 Å². The predicted molar refractivity (Wildman–Crippen MR) is 77.7 cm³/mol. The molecule has 106 valence electrons. The van der Waals surface area contributed by atoms with Crippen LogP contribution in [0.1, 0.15) is 37.3 Å². The van der Waals surface area contributed by atoms with Crippen LogP contribution < -0.4 is 5.32 Å². The zero-order chi connectivity index (χ0) is 13.7. The second kappa shape index (κ2) is 7.01. The fourth-order valence-corrected chi connectivity index (χ4v) is 2.73. The van der Waals surface area contributed by atoms with Crippen molar-refractivity contribution in [3.05, 3.63) is 35.1 Å². The quantitative estimate of drug-likeness (QED) is 0.879. The van der Waals surface area contributed by atoms with Crippen LogP contribution in [0.3, 0.4) is 0 Å². The first-order chi connectivity index (χ1) is 9.16. The van der Waals surface area contributed by atoms with Gasteiger partial charge in [0.15, 0.2) is 0 Å². The molecule has 1 aliphatic heterocycles. The number of nitrogens with one attached hydrogen (secondary N) is 1. The summed E-state index contributed by atoms with van der Waals surface area (Å²) >= 11 is 0. The van der Waals surface area contributed by atoms with Crippen LogP contribution in [0.15, 0.2) is 18.2 Å². The van der Waals surface area contributed by atoms with Gasteiger partial charge in [-0.1, -0.05) is 12.5 Å². The summed E-state index contributed by atoms with van der Waals surface area (Å²) in [6.45, 7) is 8.47. The molecule has 2 rings (SSSR count). The third-order valence-corrected chi connectivity index (χ3v) is 4.08. The van der Waals surface area contributed by atoms with Gasteiger partial charge in [-0.05, 0) is 63.0 Å². The predicted octanol–water partition coefficient (Wildman–Crippen LogP) is 3.10. The third-order valence-electron chi connectivity index (χ3n) is 4.08. The van der Waals surface area contributed by atoms with Crippen LogP contribution in [0.5, 0.6) is 0 Å². The Morgan fingerprint density at radius 3 is 2.74 bits per heavy atom. The topological polar surface area (TPSA) is 15.3 Å². The fraction of sp³-hybridized carbons (Fsp3) is 0.625. The van der Waals surface area contributed by atoms with Crippen molar-refractivity contribution in [2.45, 2.75) is 45.7 Å². The van der Waals surface area contributed by atoms with E-state index in [2.05, 4.69) is 17.1 Å². The van der Waals surface area contributed by atoms with Gasteiger partial charge in [-0.25, -0.2) is 4.39 Å². The van der Waals surface area contributed by atoms with Crippen LogP contribution in [0.4, 0.5) is 4.39 Å². The summed E-state index contributed by atoms with van der Waals surface area (Å²) in [6.07, 6.45) is 4.03. The molecule has 1 saturated heterocycles. The van der Waals surface area contributed by atoms with Crippen molar-refractivity contribution in [3.8, 4) is 0 Å². The smallest absolute Gasteiger partial charge is 0.123 e. The van der Waals surface area contributed by atoms with Crippen LogP contribution in [-0.2, 0) is 6.54 Å². The van der Waals surface area contributed by atoms with Crippen LogP contribution in [0.2, 0.25) is 0 Å². The zero-order valence-electron chi connectivity index (χ0n) is 12.1. The Morgan fingerprint density at radius 1 is 1.26 bits per heavy atom. The number of benzene rings is 1. The third kappa shape index (κ3) is 4.29. The van der Waals surface area contributed by atoms with E-state index in [-0.39, 0.29) is 5.82 Å². The van der Waals surface area contributed by atoms with Gasteiger partial charge < -0.3 is 5.32 Å². The molecule has 1 unspecified atom stereocenters. The van der Waals surface area contributed by atoms with Crippen LogP contribution >= 0.6 is 0 Å². The normalized spacial score (nSPS) is 18.5. The zero-order valence-corrected chi connectivity index (χ0v) is 12.1. The Kier molecular flexibility index (Phi) is 5.34. The average molecular weight is 264 g/mol. The maximum atomic E-state index is 13.2. The minimum absolute atomic E-state index is 0.147. The number of aryl methyl sites for hydroxylation is 1. The van der Waals surface area contributed by atoms with Crippen molar-refractivity contribution in [2.24, 2.45) is 0 Å². The molecule has 1 N–H and O–H groups in total. The Hall–Kier alpha value is -0.930. The average Bonchev–Trinajstić information content (AvgIpc) is 2.43. The molecule has 1 atom stereocenters. The Balaban J connectivity index is 1.77. The van der Waals surface area contributed by atoms with Crippen molar-refractivity contribution in [3.63, 3.8) is 0 Å². The van der Waals surface area contributed by atoms with E-state index in [0.29, 0.717) is 6.04 Å². The molecule has 2 nitrogen and oxygen atoms in total. The highest BCUT2D eigenvalue weighted by Crippen LogP contribution is 2.12. The molecule has 0 amide bonds. The molecular formula is C16H25FN2. The number of likely N-dealkylation sites (tertiary alicyclic amines) is 1. The molecule has 1 aromatic carbocycles. The summed E-state index contributed by atoms with van der Waals surface area (Å²) in [5.74, 6) is -0.147. The van der Waals surface area contributed by atoms with Gasteiger partial charge >= 0.3 is 0 Å². The number of rotatable bonds is 5. The van der Waals surface area contributed by atoms with E-state index in [1.54, 1.807) is 6.07 Å². The standard InChI is InChI=1S/C16H25FN2/c1-13-6-7-16(17)10-15(13)12-18-11-14(2)19-8-4-3-5-9-19/h6-7,10,14,18H,3-5,8-9,11-12H2,1-2H3. The van der Waals surface area contributed by atoms with E-state index in [1.807, 2.05) is 13.0 Å². The van der Waals surface area contributed by atoms with E-state index in [0.717, 1.165) is 24.2 Å². The summed E-state index contributed by atoms with van der Waals surface area (Å²) in [5.41, 5.74) is 2.21. The van der Waals surface area contributed by atoms with Gasteiger partial charge in [-0.2, -0.15) is 0 Å². The molecule has 1 heterocycles. The molecule has 0 aromatic heterocycles. The van der Waals surface area contributed by atoms with Gasteiger partial charge in [0.05, 0.1) is 0 Å². The first-order valence-electron chi connectivity index (χ1n) is 7.36. The molecule has 0 bridgehead atoms. The number of hydrogen-bond donors (Lipinski definition) is 1. The largest absolute Gasteiger partial charge is 0.311 e. The first-order valence-corrected chi connectivity index (χ1v) is 7.36. The van der Waals surface area contributed by atoms with E-state index in [4.69, 9.17) is 0 Å². The van der Waals surface area contributed by atoms with Gasteiger partial charge in [-0.15, -0.1) is 0 Å². The van der Waals surface area contributed by atoms with Gasteiger partial charge in [0.2, 0.25) is 0 Å². The SMILES string of the molecule is Cc1ccc(F)cc1CNCC(C)N1CCCCC1. The lowest BCUT2D eigenvalue weighted by molar-refractivity contribution is 0.170. The minimum Gasteiger partial charge on any atom is -0.311 e. The van der Waals surface area contributed by atoms with Gasteiger partial charge in [0, 0.05) is 19.1 Å². The number of nitrogens with zero attached hydrogens (tertiary/aromatic N) is 1. The van der Waals surface area contributed by atoms with E-state index in [1.165, 1.54) is 38.4 Å². The molecule has 0 aliphatic carbocycles. The Labute approximate surface area is 116 Å². The van der Waals surface area contributed by atoms with Gasteiger partial charge in [0.1, 0.15) is 5.82 Å². The van der Waals surface area contributed by atoms with Crippen molar-refractivity contribution < 1.29 is 4.39 Å². The summed E-state index contributed by atoms with van der Waals surface area (Å²) in [6, 6.07) is 5.57. The lowest BCUT2D eigenvalue weighted by atomic mass is 10.1. The maximum Gasteiger partial charge on any atom is 0.123 e. The second-order valence-electron chi connectivity index (χ2n) is 5.65. The fourth-order valence-electron chi connectivity index (χ4n) is 2.73. The van der Waals surface area contributed by atoms with Gasteiger partial charge in [-0.3, -0.25) is 4.90 Å². The van der Waals surface area contributed by atoms with E-state index in [9.17, 15) is 4.39 Å². The van der Waals surface area contributed by atoms with Gasteiger partial charge in [0.25, 0.3) is 0 Å². The lowest BCUT2D eigenvalue weighted by Crippen LogP contribution is -2.43. The summed E-state index contributed by atoms with van der Waals surface area (Å²) in [4.78, 5) is 2.55. The Morgan fingerprint density at radius 2 is 2.00 bits per heavy atom. The maximum absolute atomic E-state index is 13.2. The molecule has 0 saturated carbocycles. The molecule has 0 spiro atoms. The van der Waals surface area contributed by atoms with Crippen LogP contribution in [-0.4, -0.2) is 30.6 Å². The molecule has 1 aliphatic rings. The summed E-state index contributed by atoms with van der Waals surface area (Å²) < 4.78 is 13.2. The van der Waals surface area contributed by atoms with Crippen molar-refractivity contribution >= 4 is 0 Å². The second-order valence-corrected chi connectivity index (χ2v) is 5.65. The molecule has 1 aromatic rings. The summed E-state index contributed by atoms with van der Waals surface area (Å²) in [5, 5.41) is 3.46. The molecule has 1 fully saturated rings. The molecular weight excluding hydrogens is 239 g/mol. The first kappa shape index (κ1) is 14.5. The number of piperidine rings is 1. The number of halogens is 1. The Bertz CT molecular complexity index is 400.